The normalized spacial score (nSPS) is 15.1. The number of fused-ring (bicyclic) bond motifs is 1. The van der Waals surface area contributed by atoms with Crippen molar-refractivity contribution in [3.05, 3.63) is 48.0 Å². The summed E-state index contributed by atoms with van der Waals surface area (Å²) in [7, 11) is 1.54. The van der Waals surface area contributed by atoms with Crippen molar-refractivity contribution in [2.75, 3.05) is 19.1 Å². The zero-order valence-electron chi connectivity index (χ0n) is 15.8. The first-order valence-corrected chi connectivity index (χ1v) is 10.1. The SMILES string of the molecule is CCCCOc1ccc(-c2nnc3n2NC(c2ccc(O)c(OC)c2)S3)cc1. The molecule has 0 saturated carbocycles. The Morgan fingerprint density at radius 1 is 1.18 bits per heavy atom. The molecule has 2 N–H and O–H groups in total. The summed E-state index contributed by atoms with van der Waals surface area (Å²) in [5, 5.41) is 19.2. The van der Waals surface area contributed by atoms with Crippen LogP contribution < -0.4 is 14.9 Å². The molecule has 2 heterocycles. The Kier molecular flexibility index (Phi) is 5.29. The van der Waals surface area contributed by atoms with Gasteiger partial charge in [-0.05, 0) is 48.4 Å². The maximum absolute atomic E-state index is 9.80. The minimum absolute atomic E-state index is 0.0459. The van der Waals surface area contributed by atoms with Gasteiger partial charge in [0.15, 0.2) is 17.3 Å². The third kappa shape index (κ3) is 3.60. The molecular formula is C20H22N4O3S. The molecular weight excluding hydrogens is 376 g/mol. The van der Waals surface area contributed by atoms with Gasteiger partial charge < -0.3 is 20.0 Å². The fourth-order valence-electron chi connectivity index (χ4n) is 2.93. The fraction of sp³-hybridized carbons (Fsp3) is 0.300. The van der Waals surface area contributed by atoms with E-state index in [4.69, 9.17) is 9.47 Å². The van der Waals surface area contributed by atoms with Crippen LogP contribution in [-0.4, -0.2) is 33.7 Å². The first-order chi connectivity index (χ1) is 13.7. The van der Waals surface area contributed by atoms with Gasteiger partial charge in [-0.15, -0.1) is 10.2 Å². The molecule has 0 aliphatic carbocycles. The lowest BCUT2D eigenvalue weighted by Crippen LogP contribution is -2.13. The van der Waals surface area contributed by atoms with Crippen molar-refractivity contribution in [3.8, 4) is 28.6 Å². The molecule has 7 nitrogen and oxygen atoms in total. The summed E-state index contributed by atoms with van der Waals surface area (Å²) in [6.45, 7) is 2.87. The van der Waals surface area contributed by atoms with E-state index < -0.39 is 0 Å². The smallest absolute Gasteiger partial charge is 0.212 e. The Hall–Kier alpha value is -2.87. The van der Waals surface area contributed by atoms with Gasteiger partial charge in [0.2, 0.25) is 5.16 Å². The number of ether oxygens (including phenoxy) is 2. The van der Waals surface area contributed by atoms with E-state index in [0.29, 0.717) is 5.75 Å². The Labute approximate surface area is 167 Å². The molecule has 4 rings (SSSR count). The van der Waals surface area contributed by atoms with E-state index in [-0.39, 0.29) is 11.1 Å². The molecule has 0 fully saturated rings. The number of thioether (sulfide) groups is 1. The summed E-state index contributed by atoms with van der Waals surface area (Å²) in [6.07, 6.45) is 2.16. The second-order valence-electron chi connectivity index (χ2n) is 6.43. The van der Waals surface area contributed by atoms with Crippen LogP contribution in [0, 0.1) is 0 Å². The van der Waals surface area contributed by atoms with E-state index in [1.54, 1.807) is 17.8 Å². The summed E-state index contributed by atoms with van der Waals surface area (Å²) < 4.78 is 12.8. The maximum Gasteiger partial charge on any atom is 0.212 e. The van der Waals surface area contributed by atoms with Crippen LogP contribution in [0.4, 0.5) is 0 Å². The topological polar surface area (TPSA) is 81.4 Å². The molecule has 0 spiro atoms. The number of hydrogen-bond donors (Lipinski definition) is 2. The average Bonchev–Trinajstić information content (AvgIpc) is 3.30. The molecule has 8 heteroatoms. The molecule has 1 aliphatic rings. The van der Waals surface area contributed by atoms with Gasteiger partial charge in [-0.2, -0.15) is 0 Å². The lowest BCUT2D eigenvalue weighted by molar-refractivity contribution is 0.309. The van der Waals surface area contributed by atoms with Crippen LogP contribution in [0.2, 0.25) is 0 Å². The lowest BCUT2D eigenvalue weighted by atomic mass is 10.2. The summed E-state index contributed by atoms with van der Waals surface area (Å²) in [6, 6.07) is 13.2. The number of phenols is 1. The molecule has 0 amide bonds. The maximum atomic E-state index is 9.80. The number of methoxy groups -OCH3 is 1. The molecule has 1 atom stereocenters. The number of benzene rings is 2. The zero-order valence-corrected chi connectivity index (χ0v) is 16.6. The highest BCUT2D eigenvalue weighted by molar-refractivity contribution is 7.99. The molecule has 1 aromatic heterocycles. The third-order valence-electron chi connectivity index (χ3n) is 4.49. The molecule has 2 aromatic carbocycles. The van der Waals surface area contributed by atoms with Gasteiger partial charge >= 0.3 is 0 Å². The van der Waals surface area contributed by atoms with Crippen molar-refractivity contribution in [2.45, 2.75) is 30.3 Å². The Bertz CT molecular complexity index is 959. The molecule has 0 radical (unpaired) electrons. The predicted molar refractivity (Wildman–Crippen MR) is 108 cm³/mol. The number of rotatable bonds is 7. The van der Waals surface area contributed by atoms with Gasteiger partial charge in [0, 0.05) is 5.56 Å². The van der Waals surface area contributed by atoms with Crippen molar-refractivity contribution in [2.24, 2.45) is 0 Å². The van der Waals surface area contributed by atoms with Gasteiger partial charge in [0.05, 0.1) is 13.7 Å². The van der Waals surface area contributed by atoms with Crippen molar-refractivity contribution >= 4 is 11.8 Å². The molecule has 1 unspecified atom stereocenters. The highest BCUT2D eigenvalue weighted by atomic mass is 32.2. The second kappa shape index (κ2) is 8.02. The van der Waals surface area contributed by atoms with Crippen LogP contribution in [0.5, 0.6) is 17.2 Å². The summed E-state index contributed by atoms with van der Waals surface area (Å²) >= 11 is 1.56. The van der Waals surface area contributed by atoms with Crippen molar-refractivity contribution in [1.82, 2.24) is 14.9 Å². The average molecular weight is 398 g/mol. The van der Waals surface area contributed by atoms with E-state index in [0.717, 1.165) is 47.3 Å². The van der Waals surface area contributed by atoms with Crippen molar-refractivity contribution in [3.63, 3.8) is 0 Å². The summed E-state index contributed by atoms with van der Waals surface area (Å²) in [5.74, 6) is 2.17. The van der Waals surface area contributed by atoms with Crippen molar-refractivity contribution in [1.29, 1.82) is 0 Å². The van der Waals surface area contributed by atoms with Crippen molar-refractivity contribution < 1.29 is 14.6 Å². The minimum Gasteiger partial charge on any atom is -0.504 e. The standard InChI is InChI=1S/C20H22N4O3S/c1-3-4-11-27-15-8-5-13(6-9-15)18-21-22-20-24(18)23-19(28-20)14-7-10-16(25)17(12-14)26-2/h5-10,12,19,23,25H,3-4,11H2,1-2H3. The van der Waals surface area contributed by atoms with Gasteiger partial charge in [-0.1, -0.05) is 31.2 Å². The number of nitrogens with zero attached hydrogens (tertiary/aromatic N) is 3. The molecule has 28 heavy (non-hydrogen) atoms. The fourth-order valence-corrected chi connectivity index (χ4v) is 3.92. The highest BCUT2D eigenvalue weighted by Gasteiger charge is 2.28. The molecule has 0 bridgehead atoms. The van der Waals surface area contributed by atoms with Gasteiger partial charge in [-0.25, -0.2) is 4.68 Å². The lowest BCUT2D eigenvalue weighted by Gasteiger charge is -2.14. The monoisotopic (exact) mass is 398 g/mol. The number of nitrogens with one attached hydrogen (secondary N) is 1. The Balaban J connectivity index is 1.51. The van der Waals surface area contributed by atoms with Crippen LogP contribution in [0.15, 0.2) is 47.6 Å². The quantitative estimate of drug-likeness (QED) is 0.578. The van der Waals surface area contributed by atoms with E-state index in [1.807, 2.05) is 41.1 Å². The number of unbranched alkanes of at least 4 members (excludes halogenated alkanes) is 1. The third-order valence-corrected chi connectivity index (χ3v) is 5.58. The first-order valence-electron chi connectivity index (χ1n) is 9.18. The second-order valence-corrected chi connectivity index (χ2v) is 7.50. The van der Waals surface area contributed by atoms with E-state index in [2.05, 4.69) is 22.5 Å². The number of aromatic hydroxyl groups is 1. The van der Waals surface area contributed by atoms with Crippen LogP contribution in [0.3, 0.4) is 0 Å². The summed E-state index contributed by atoms with van der Waals surface area (Å²) in [5.41, 5.74) is 5.35. The predicted octanol–water partition coefficient (Wildman–Crippen LogP) is 4.19. The van der Waals surface area contributed by atoms with Crippen LogP contribution >= 0.6 is 11.8 Å². The van der Waals surface area contributed by atoms with E-state index in [1.165, 1.54) is 7.11 Å². The molecule has 0 saturated heterocycles. The largest absolute Gasteiger partial charge is 0.504 e. The molecule has 3 aromatic rings. The molecule has 1 aliphatic heterocycles. The number of hydrogen-bond acceptors (Lipinski definition) is 7. The Morgan fingerprint density at radius 2 is 2.00 bits per heavy atom. The van der Waals surface area contributed by atoms with Crippen LogP contribution in [-0.2, 0) is 0 Å². The van der Waals surface area contributed by atoms with Gasteiger partial charge in [0.25, 0.3) is 0 Å². The summed E-state index contributed by atoms with van der Waals surface area (Å²) in [4.78, 5) is 0. The highest BCUT2D eigenvalue weighted by Crippen LogP contribution is 2.42. The first kappa shape index (κ1) is 18.5. The van der Waals surface area contributed by atoms with Crippen LogP contribution in [0.1, 0.15) is 30.7 Å². The van der Waals surface area contributed by atoms with Crippen LogP contribution in [0.25, 0.3) is 11.4 Å². The van der Waals surface area contributed by atoms with E-state index >= 15 is 0 Å². The number of phenolic OH excluding ortho intramolecular Hbond substituents is 1. The number of aromatic nitrogens is 3. The zero-order chi connectivity index (χ0) is 19.5. The van der Waals surface area contributed by atoms with Gasteiger partial charge in [-0.3, -0.25) is 0 Å². The van der Waals surface area contributed by atoms with E-state index in [9.17, 15) is 5.11 Å². The van der Waals surface area contributed by atoms with Gasteiger partial charge in [0.1, 0.15) is 11.1 Å². The Morgan fingerprint density at radius 3 is 2.75 bits per heavy atom. The minimum atomic E-state index is -0.0459. The molecule has 146 valence electrons.